The lowest BCUT2D eigenvalue weighted by atomic mass is 10.2. The minimum Gasteiger partial charge on any atom is -0.378 e. The Kier molecular flexibility index (Phi) is 6.83. The highest BCUT2D eigenvalue weighted by molar-refractivity contribution is 7.99. The zero-order valence-corrected chi connectivity index (χ0v) is 18.1. The van der Waals surface area contributed by atoms with Gasteiger partial charge in [0.1, 0.15) is 5.82 Å². The van der Waals surface area contributed by atoms with E-state index in [9.17, 15) is 9.18 Å². The third-order valence-corrected chi connectivity index (χ3v) is 5.83. The molecule has 0 atom stereocenters. The van der Waals surface area contributed by atoms with Crippen molar-refractivity contribution in [2.24, 2.45) is 0 Å². The fourth-order valence-corrected chi connectivity index (χ4v) is 4.08. The van der Waals surface area contributed by atoms with E-state index in [1.54, 1.807) is 12.1 Å². The van der Waals surface area contributed by atoms with Crippen molar-refractivity contribution in [2.45, 2.75) is 18.6 Å². The number of nitrogens with one attached hydrogen (secondary N) is 1. The zero-order chi connectivity index (χ0) is 21.6. The molecule has 1 saturated heterocycles. The van der Waals surface area contributed by atoms with Crippen LogP contribution in [0, 0.1) is 12.7 Å². The number of aryl methyl sites for hydroxylation is 1. The third-order valence-electron chi connectivity index (χ3n) is 4.91. The number of ether oxygens (including phenoxy) is 1. The molecule has 162 valence electrons. The summed E-state index contributed by atoms with van der Waals surface area (Å²) < 4.78 is 20.5. The van der Waals surface area contributed by atoms with E-state index in [2.05, 4.69) is 26.5 Å². The number of anilines is 1. The van der Waals surface area contributed by atoms with Crippen LogP contribution in [0.2, 0.25) is 0 Å². The van der Waals surface area contributed by atoms with Gasteiger partial charge in [0.15, 0.2) is 5.16 Å². The standard InChI is InChI=1S/C22H24FN5O2S/c1-16-3-2-4-19(13-16)28-21(27-9-11-30-12-10-27)25-26-22(28)31-15-20(29)24-14-17-5-7-18(23)8-6-17/h2-8,13H,9-12,14-15H2,1H3,(H,24,29). The number of aromatic nitrogens is 3. The van der Waals surface area contributed by atoms with Crippen LogP contribution < -0.4 is 10.2 Å². The Bertz CT molecular complexity index is 1030. The highest BCUT2D eigenvalue weighted by Crippen LogP contribution is 2.27. The van der Waals surface area contributed by atoms with Gasteiger partial charge in [-0.1, -0.05) is 36.0 Å². The van der Waals surface area contributed by atoms with Crippen molar-refractivity contribution in [1.29, 1.82) is 0 Å². The molecule has 0 unspecified atom stereocenters. The fraction of sp³-hybridized carbons (Fsp3) is 0.318. The molecule has 7 nitrogen and oxygen atoms in total. The fourth-order valence-electron chi connectivity index (χ4n) is 3.30. The van der Waals surface area contributed by atoms with Gasteiger partial charge in [-0.05, 0) is 42.3 Å². The van der Waals surface area contributed by atoms with Crippen molar-refractivity contribution in [3.63, 3.8) is 0 Å². The number of benzene rings is 2. The van der Waals surface area contributed by atoms with Gasteiger partial charge in [0, 0.05) is 19.6 Å². The summed E-state index contributed by atoms with van der Waals surface area (Å²) in [6.45, 7) is 5.17. The average Bonchev–Trinajstić information content (AvgIpc) is 3.22. The summed E-state index contributed by atoms with van der Waals surface area (Å²) in [7, 11) is 0. The number of rotatable bonds is 7. The third kappa shape index (κ3) is 5.42. The molecular weight excluding hydrogens is 417 g/mol. The number of amides is 1. The van der Waals surface area contributed by atoms with Gasteiger partial charge in [-0.25, -0.2) is 4.39 Å². The van der Waals surface area contributed by atoms with E-state index >= 15 is 0 Å². The maximum atomic E-state index is 13.0. The molecule has 1 amide bonds. The Morgan fingerprint density at radius 2 is 1.94 bits per heavy atom. The second kappa shape index (κ2) is 9.93. The number of hydrogen-bond donors (Lipinski definition) is 1. The van der Waals surface area contributed by atoms with E-state index in [0.717, 1.165) is 35.9 Å². The first-order valence-electron chi connectivity index (χ1n) is 10.1. The first kappa shape index (κ1) is 21.3. The van der Waals surface area contributed by atoms with Gasteiger partial charge >= 0.3 is 0 Å². The summed E-state index contributed by atoms with van der Waals surface area (Å²) in [4.78, 5) is 14.5. The van der Waals surface area contributed by atoms with Crippen LogP contribution in [0.1, 0.15) is 11.1 Å². The summed E-state index contributed by atoms with van der Waals surface area (Å²) in [5.41, 5.74) is 2.94. The first-order valence-corrected chi connectivity index (χ1v) is 11.1. The van der Waals surface area contributed by atoms with Gasteiger partial charge in [-0.15, -0.1) is 10.2 Å². The Labute approximate surface area is 184 Å². The molecule has 4 rings (SSSR count). The molecule has 1 fully saturated rings. The summed E-state index contributed by atoms with van der Waals surface area (Å²) in [6.07, 6.45) is 0. The summed E-state index contributed by atoms with van der Waals surface area (Å²) in [5.74, 6) is 0.537. The number of carbonyl (C=O) groups excluding carboxylic acids is 1. The predicted octanol–water partition coefficient (Wildman–Crippen LogP) is 2.96. The number of hydrogen-bond acceptors (Lipinski definition) is 6. The van der Waals surface area contributed by atoms with Gasteiger partial charge in [0.2, 0.25) is 11.9 Å². The minimum atomic E-state index is -0.294. The number of carbonyl (C=O) groups is 1. The van der Waals surface area contributed by atoms with Gasteiger partial charge < -0.3 is 15.0 Å². The second-order valence-electron chi connectivity index (χ2n) is 7.25. The Morgan fingerprint density at radius 1 is 1.16 bits per heavy atom. The van der Waals surface area contributed by atoms with Crippen LogP contribution in [-0.4, -0.2) is 52.7 Å². The van der Waals surface area contributed by atoms with E-state index in [0.29, 0.717) is 24.9 Å². The highest BCUT2D eigenvalue weighted by Gasteiger charge is 2.22. The molecule has 0 spiro atoms. The molecule has 31 heavy (non-hydrogen) atoms. The number of halogens is 1. The Hall–Kier alpha value is -2.91. The molecule has 2 aromatic carbocycles. The summed E-state index contributed by atoms with van der Waals surface area (Å²) in [5, 5.41) is 12.3. The van der Waals surface area contributed by atoms with Crippen LogP contribution in [0.5, 0.6) is 0 Å². The van der Waals surface area contributed by atoms with E-state index in [1.165, 1.54) is 23.9 Å². The average molecular weight is 442 g/mol. The van der Waals surface area contributed by atoms with Gasteiger partial charge in [0.25, 0.3) is 0 Å². The normalized spacial score (nSPS) is 13.9. The van der Waals surface area contributed by atoms with Crippen molar-refractivity contribution in [3.05, 3.63) is 65.5 Å². The first-order chi connectivity index (χ1) is 15.1. The van der Waals surface area contributed by atoms with Crippen molar-refractivity contribution in [2.75, 3.05) is 37.0 Å². The molecule has 0 saturated carbocycles. The smallest absolute Gasteiger partial charge is 0.232 e. The number of morpholine rings is 1. The maximum Gasteiger partial charge on any atom is 0.232 e. The molecule has 1 aliphatic rings. The molecule has 1 N–H and O–H groups in total. The largest absolute Gasteiger partial charge is 0.378 e. The Morgan fingerprint density at radius 3 is 2.68 bits per heavy atom. The molecule has 0 bridgehead atoms. The summed E-state index contributed by atoms with van der Waals surface area (Å²) in [6, 6.07) is 14.2. The zero-order valence-electron chi connectivity index (χ0n) is 17.3. The molecule has 3 aromatic rings. The lowest BCUT2D eigenvalue weighted by Gasteiger charge is -2.28. The van der Waals surface area contributed by atoms with Crippen molar-refractivity contribution >= 4 is 23.6 Å². The second-order valence-corrected chi connectivity index (χ2v) is 8.19. The predicted molar refractivity (Wildman–Crippen MR) is 118 cm³/mol. The van der Waals surface area contributed by atoms with Crippen LogP contribution in [0.4, 0.5) is 10.3 Å². The lowest BCUT2D eigenvalue weighted by molar-refractivity contribution is -0.118. The molecule has 1 aromatic heterocycles. The number of nitrogens with zero attached hydrogens (tertiary/aromatic N) is 4. The topological polar surface area (TPSA) is 72.3 Å². The van der Waals surface area contributed by atoms with Crippen LogP contribution >= 0.6 is 11.8 Å². The van der Waals surface area contributed by atoms with Gasteiger partial charge in [-0.3, -0.25) is 9.36 Å². The van der Waals surface area contributed by atoms with Crippen LogP contribution in [-0.2, 0) is 16.1 Å². The van der Waals surface area contributed by atoms with Crippen LogP contribution in [0.25, 0.3) is 5.69 Å². The van der Waals surface area contributed by atoms with Crippen LogP contribution in [0.15, 0.2) is 53.7 Å². The van der Waals surface area contributed by atoms with E-state index < -0.39 is 0 Å². The van der Waals surface area contributed by atoms with Gasteiger partial charge in [0.05, 0.1) is 24.7 Å². The van der Waals surface area contributed by atoms with Crippen molar-refractivity contribution in [1.82, 2.24) is 20.1 Å². The van der Waals surface area contributed by atoms with Gasteiger partial charge in [-0.2, -0.15) is 0 Å². The molecule has 9 heteroatoms. The molecule has 0 radical (unpaired) electrons. The van der Waals surface area contributed by atoms with Crippen molar-refractivity contribution in [3.8, 4) is 5.69 Å². The van der Waals surface area contributed by atoms with E-state index in [4.69, 9.17) is 4.74 Å². The lowest BCUT2D eigenvalue weighted by Crippen LogP contribution is -2.37. The highest BCUT2D eigenvalue weighted by atomic mass is 32.2. The quantitative estimate of drug-likeness (QED) is 0.569. The van der Waals surface area contributed by atoms with Crippen LogP contribution in [0.3, 0.4) is 0 Å². The monoisotopic (exact) mass is 441 g/mol. The van der Waals surface area contributed by atoms with Crippen molar-refractivity contribution < 1.29 is 13.9 Å². The molecule has 0 aliphatic carbocycles. The van der Waals surface area contributed by atoms with E-state index in [-0.39, 0.29) is 17.5 Å². The number of thioether (sulfide) groups is 1. The summed E-state index contributed by atoms with van der Waals surface area (Å²) >= 11 is 1.34. The SMILES string of the molecule is Cc1cccc(-n2c(SCC(=O)NCc3ccc(F)cc3)nnc2N2CCOCC2)c1. The maximum absolute atomic E-state index is 13.0. The Balaban J connectivity index is 1.47. The van der Waals surface area contributed by atoms with E-state index in [1.807, 2.05) is 29.7 Å². The molecule has 2 heterocycles. The minimum absolute atomic E-state index is 0.124. The molecule has 1 aliphatic heterocycles. The molecular formula is C22H24FN5O2S.